The van der Waals surface area contributed by atoms with Crippen molar-refractivity contribution in [2.24, 2.45) is 0 Å². The molecule has 0 spiro atoms. The number of methoxy groups -OCH3 is 1. The molecule has 0 aromatic heterocycles. The van der Waals surface area contributed by atoms with Crippen molar-refractivity contribution in [3.05, 3.63) is 23.8 Å². The van der Waals surface area contributed by atoms with Crippen molar-refractivity contribution in [3.8, 4) is 11.5 Å². The summed E-state index contributed by atoms with van der Waals surface area (Å²) in [5.74, 6) is 0.725. The number of ether oxygens (including phenoxy) is 1. The Morgan fingerprint density at radius 2 is 2.17 bits per heavy atom. The molecular formula is C9H11BrO2. The van der Waals surface area contributed by atoms with Gasteiger partial charge in [0.25, 0.3) is 0 Å². The molecule has 0 radical (unpaired) electrons. The molecule has 1 aromatic carbocycles. The van der Waals surface area contributed by atoms with Gasteiger partial charge in [-0.1, -0.05) is 28.1 Å². The fourth-order valence-electron chi connectivity index (χ4n) is 1.03. The van der Waals surface area contributed by atoms with Gasteiger partial charge in [-0.2, -0.15) is 0 Å². The topological polar surface area (TPSA) is 29.5 Å². The molecule has 3 heteroatoms. The standard InChI is InChI=1S/C9H11BrO2/c1-6(10)7-4-3-5-8(12-2)9(7)11/h3-6,11H,1-2H3. The fourth-order valence-corrected chi connectivity index (χ4v) is 1.39. The van der Waals surface area contributed by atoms with E-state index in [9.17, 15) is 5.11 Å². The van der Waals surface area contributed by atoms with Gasteiger partial charge in [-0.3, -0.25) is 0 Å². The largest absolute Gasteiger partial charge is 0.504 e. The Morgan fingerprint density at radius 3 is 2.67 bits per heavy atom. The molecule has 0 amide bonds. The van der Waals surface area contributed by atoms with E-state index in [4.69, 9.17) is 4.74 Å². The summed E-state index contributed by atoms with van der Waals surface area (Å²) in [6.45, 7) is 1.95. The third kappa shape index (κ3) is 1.72. The van der Waals surface area contributed by atoms with Crippen molar-refractivity contribution in [1.82, 2.24) is 0 Å². The molecule has 0 heterocycles. The molecule has 0 saturated carbocycles. The van der Waals surface area contributed by atoms with E-state index in [-0.39, 0.29) is 10.6 Å². The van der Waals surface area contributed by atoms with Gasteiger partial charge >= 0.3 is 0 Å². The lowest BCUT2D eigenvalue weighted by Crippen LogP contribution is -1.89. The Labute approximate surface area is 80.3 Å². The lowest BCUT2D eigenvalue weighted by atomic mass is 10.1. The van der Waals surface area contributed by atoms with Crippen LogP contribution in [0.1, 0.15) is 17.3 Å². The first-order valence-electron chi connectivity index (χ1n) is 3.66. The van der Waals surface area contributed by atoms with Crippen molar-refractivity contribution in [2.75, 3.05) is 7.11 Å². The van der Waals surface area contributed by atoms with Gasteiger partial charge in [0, 0.05) is 10.4 Å². The molecule has 0 aliphatic heterocycles. The molecule has 0 bridgehead atoms. The van der Waals surface area contributed by atoms with Gasteiger partial charge in [0.15, 0.2) is 11.5 Å². The molecule has 0 saturated heterocycles. The fraction of sp³-hybridized carbons (Fsp3) is 0.333. The van der Waals surface area contributed by atoms with Crippen LogP contribution in [-0.4, -0.2) is 12.2 Å². The third-order valence-corrected chi connectivity index (χ3v) is 2.17. The predicted molar refractivity (Wildman–Crippen MR) is 52.0 cm³/mol. The minimum absolute atomic E-state index is 0.132. The molecule has 2 nitrogen and oxygen atoms in total. The molecule has 66 valence electrons. The Kier molecular flexibility index (Phi) is 2.98. The lowest BCUT2D eigenvalue weighted by molar-refractivity contribution is 0.371. The number of phenolic OH excluding ortho intramolecular Hbond substituents is 1. The highest BCUT2D eigenvalue weighted by Crippen LogP contribution is 2.36. The zero-order valence-electron chi connectivity index (χ0n) is 7.04. The molecule has 1 aromatic rings. The zero-order valence-corrected chi connectivity index (χ0v) is 8.63. The van der Waals surface area contributed by atoms with Crippen LogP contribution in [0.25, 0.3) is 0 Å². The highest BCUT2D eigenvalue weighted by Gasteiger charge is 2.10. The summed E-state index contributed by atoms with van der Waals surface area (Å²) in [6, 6.07) is 5.44. The molecule has 0 aliphatic carbocycles. The number of benzene rings is 1. The van der Waals surface area contributed by atoms with Gasteiger partial charge in [-0.15, -0.1) is 0 Å². The molecule has 1 atom stereocenters. The maximum absolute atomic E-state index is 9.60. The second-order valence-corrected chi connectivity index (χ2v) is 3.89. The van der Waals surface area contributed by atoms with E-state index in [1.165, 1.54) is 7.11 Å². The summed E-state index contributed by atoms with van der Waals surface area (Å²) in [5.41, 5.74) is 0.842. The highest BCUT2D eigenvalue weighted by molar-refractivity contribution is 9.09. The molecule has 1 unspecified atom stereocenters. The van der Waals surface area contributed by atoms with Gasteiger partial charge in [-0.25, -0.2) is 0 Å². The molecule has 1 N–H and O–H groups in total. The summed E-state index contributed by atoms with van der Waals surface area (Å²) < 4.78 is 4.96. The van der Waals surface area contributed by atoms with Crippen molar-refractivity contribution < 1.29 is 9.84 Å². The van der Waals surface area contributed by atoms with Crippen LogP contribution in [0.15, 0.2) is 18.2 Å². The first-order chi connectivity index (χ1) is 5.66. The van der Waals surface area contributed by atoms with Crippen LogP contribution in [0.3, 0.4) is 0 Å². The highest BCUT2D eigenvalue weighted by atomic mass is 79.9. The number of rotatable bonds is 2. The Balaban J connectivity index is 3.14. The van der Waals surface area contributed by atoms with Crippen LogP contribution in [-0.2, 0) is 0 Å². The second-order valence-electron chi connectivity index (χ2n) is 2.51. The minimum Gasteiger partial charge on any atom is -0.504 e. The van der Waals surface area contributed by atoms with Gasteiger partial charge < -0.3 is 9.84 Å². The van der Waals surface area contributed by atoms with Gasteiger partial charge in [0.1, 0.15) is 0 Å². The second kappa shape index (κ2) is 3.81. The van der Waals surface area contributed by atoms with Gasteiger partial charge in [0.05, 0.1) is 7.11 Å². The first-order valence-corrected chi connectivity index (χ1v) is 4.58. The first kappa shape index (κ1) is 9.39. The molecule has 0 fully saturated rings. The number of phenols is 1. The van der Waals surface area contributed by atoms with Crippen LogP contribution >= 0.6 is 15.9 Å². The average Bonchev–Trinajstić information content (AvgIpc) is 2.04. The quantitative estimate of drug-likeness (QED) is 0.793. The summed E-state index contributed by atoms with van der Waals surface area (Å²) in [5, 5.41) is 9.60. The zero-order chi connectivity index (χ0) is 9.14. The summed E-state index contributed by atoms with van der Waals surface area (Å²) in [7, 11) is 1.54. The van der Waals surface area contributed by atoms with E-state index in [1.807, 2.05) is 19.1 Å². The molecule has 12 heavy (non-hydrogen) atoms. The summed E-state index contributed by atoms with van der Waals surface area (Å²) >= 11 is 3.38. The van der Waals surface area contributed by atoms with Crippen molar-refractivity contribution in [3.63, 3.8) is 0 Å². The Hall–Kier alpha value is -0.700. The van der Waals surface area contributed by atoms with E-state index in [1.54, 1.807) is 6.07 Å². The maximum atomic E-state index is 9.60. The lowest BCUT2D eigenvalue weighted by Gasteiger charge is -2.09. The van der Waals surface area contributed by atoms with E-state index >= 15 is 0 Å². The van der Waals surface area contributed by atoms with Crippen molar-refractivity contribution >= 4 is 15.9 Å². The van der Waals surface area contributed by atoms with Crippen molar-refractivity contribution in [2.45, 2.75) is 11.8 Å². The van der Waals surface area contributed by atoms with Crippen LogP contribution in [0.4, 0.5) is 0 Å². The van der Waals surface area contributed by atoms with E-state index < -0.39 is 0 Å². The Bertz CT molecular complexity index is 271. The van der Waals surface area contributed by atoms with Crippen LogP contribution in [0.5, 0.6) is 11.5 Å². The number of hydrogen-bond donors (Lipinski definition) is 1. The monoisotopic (exact) mass is 230 g/mol. The molecule has 1 rings (SSSR count). The third-order valence-electron chi connectivity index (χ3n) is 1.68. The normalized spacial score (nSPS) is 12.6. The summed E-state index contributed by atoms with van der Waals surface area (Å²) in [6.07, 6.45) is 0. The van der Waals surface area contributed by atoms with E-state index in [2.05, 4.69) is 15.9 Å². The van der Waals surface area contributed by atoms with Crippen molar-refractivity contribution in [1.29, 1.82) is 0 Å². The van der Waals surface area contributed by atoms with E-state index in [0.29, 0.717) is 5.75 Å². The Morgan fingerprint density at radius 1 is 1.50 bits per heavy atom. The number of para-hydroxylation sites is 1. The van der Waals surface area contributed by atoms with E-state index in [0.717, 1.165) is 5.56 Å². The smallest absolute Gasteiger partial charge is 0.162 e. The van der Waals surface area contributed by atoms with Crippen LogP contribution < -0.4 is 4.74 Å². The van der Waals surface area contributed by atoms with Crippen LogP contribution in [0.2, 0.25) is 0 Å². The average molecular weight is 231 g/mol. The SMILES string of the molecule is COc1cccc(C(C)Br)c1O. The maximum Gasteiger partial charge on any atom is 0.162 e. The number of halogens is 1. The van der Waals surface area contributed by atoms with Crippen LogP contribution in [0, 0.1) is 0 Å². The van der Waals surface area contributed by atoms with Gasteiger partial charge in [-0.05, 0) is 13.0 Å². The molecule has 0 aliphatic rings. The number of aromatic hydroxyl groups is 1. The van der Waals surface area contributed by atoms with Gasteiger partial charge in [0.2, 0.25) is 0 Å². The summed E-state index contributed by atoms with van der Waals surface area (Å²) in [4.78, 5) is 0.132. The molecular weight excluding hydrogens is 220 g/mol. The number of hydrogen-bond acceptors (Lipinski definition) is 2. The number of alkyl halides is 1. The minimum atomic E-state index is 0.132. The predicted octanol–water partition coefficient (Wildman–Crippen LogP) is 2.86.